The topological polar surface area (TPSA) is 41.9 Å². The largest absolute Gasteiger partial charge is 0.395 e. The quantitative estimate of drug-likeness (QED) is 0.523. The molecule has 0 fully saturated rings. The molecule has 0 spiro atoms. The van der Waals surface area contributed by atoms with E-state index in [1.807, 2.05) is 0 Å². The maximum absolute atomic E-state index is 8.80. The summed E-state index contributed by atoms with van der Waals surface area (Å²) in [6.07, 6.45) is 1.11. The second kappa shape index (κ2) is 10.9. The number of hydrogen-bond donors (Lipinski definition) is 1. The Morgan fingerprint density at radius 3 is 2.43 bits per heavy atom. The van der Waals surface area contributed by atoms with Gasteiger partial charge in [-0.05, 0) is 13.0 Å². The van der Waals surface area contributed by atoms with Gasteiger partial charge in [-0.1, -0.05) is 6.92 Å². The maximum Gasteiger partial charge on any atom is 0.0700 e. The maximum atomic E-state index is 8.80. The van der Waals surface area contributed by atoms with Crippen molar-refractivity contribution in [2.75, 3.05) is 53.2 Å². The molecule has 0 aromatic rings. The molecule has 1 N–H and O–H groups in total. The summed E-state index contributed by atoms with van der Waals surface area (Å²) < 4.78 is 10.2. The lowest BCUT2D eigenvalue weighted by molar-refractivity contribution is 0.0544. The zero-order chi connectivity index (χ0) is 10.6. The highest BCUT2D eigenvalue weighted by molar-refractivity contribution is 4.55. The molecule has 14 heavy (non-hydrogen) atoms. The van der Waals surface area contributed by atoms with Crippen molar-refractivity contribution in [1.29, 1.82) is 0 Å². The molecule has 0 aliphatic carbocycles. The summed E-state index contributed by atoms with van der Waals surface area (Å²) in [7, 11) is 1.67. The van der Waals surface area contributed by atoms with Crippen molar-refractivity contribution in [3.05, 3.63) is 0 Å². The molecule has 0 rings (SSSR count). The Morgan fingerprint density at radius 2 is 1.86 bits per heavy atom. The predicted octanol–water partition coefficient (Wildman–Crippen LogP) is 0.354. The number of hydrogen-bond acceptors (Lipinski definition) is 4. The number of aliphatic hydroxyl groups is 1. The molecule has 0 unspecified atom stereocenters. The molecule has 4 heteroatoms. The van der Waals surface area contributed by atoms with Crippen LogP contribution in [-0.2, 0) is 9.47 Å². The van der Waals surface area contributed by atoms with E-state index in [0.717, 1.165) is 26.1 Å². The molecule has 0 atom stereocenters. The molecule has 0 heterocycles. The van der Waals surface area contributed by atoms with Crippen molar-refractivity contribution in [2.24, 2.45) is 0 Å². The van der Waals surface area contributed by atoms with Crippen LogP contribution in [0.1, 0.15) is 13.3 Å². The van der Waals surface area contributed by atoms with Gasteiger partial charge in [-0.15, -0.1) is 0 Å². The van der Waals surface area contributed by atoms with Crippen LogP contribution in [0.4, 0.5) is 0 Å². The second-order valence-corrected chi connectivity index (χ2v) is 3.17. The van der Waals surface area contributed by atoms with Crippen LogP contribution in [0.2, 0.25) is 0 Å². The Bertz CT molecular complexity index is 106. The molecule has 0 saturated heterocycles. The third-order valence-electron chi connectivity index (χ3n) is 1.94. The fourth-order valence-electron chi connectivity index (χ4n) is 1.23. The van der Waals surface area contributed by atoms with E-state index in [1.54, 1.807) is 7.11 Å². The van der Waals surface area contributed by atoms with Gasteiger partial charge in [-0.2, -0.15) is 0 Å². The zero-order valence-corrected chi connectivity index (χ0v) is 9.37. The van der Waals surface area contributed by atoms with Crippen molar-refractivity contribution in [2.45, 2.75) is 13.3 Å². The van der Waals surface area contributed by atoms with Gasteiger partial charge >= 0.3 is 0 Å². The Morgan fingerprint density at radius 1 is 1.07 bits per heavy atom. The van der Waals surface area contributed by atoms with Gasteiger partial charge in [0.25, 0.3) is 0 Å². The first kappa shape index (κ1) is 13.8. The van der Waals surface area contributed by atoms with Crippen molar-refractivity contribution < 1.29 is 14.6 Å². The third kappa shape index (κ3) is 8.44. The van der Waals surface area contributed by atoms with Crippen LogP contribution in [0.25, 0.3) is 0 Å². The van der Waals surface area contributed by atoms with Gasteiger partial charge in [0.1, 0.15) is 0 Å². The average molecular weight is 205 g/mol. The van der Waals surface area contributed by atoms with E-state index in [4.69, 9.17) is 14.6 Å². The molecule has 0 aliphatic heterocycles. The first-order valence-electron chi connectivity index (χ1n) is 5.25. The van der Waals surface area contributed by atoms with Crippen LogP contribution in [0.5, 0.6) is 0 Å². The van der Waals surface area contributed by atoms with Gasteiger partial charge in [0.05, 0.1) is 26.4 Å². The molecule has 4 nitrogen and oxygen atoms in total. The Balaban J connectivity index is 3.30. The van der Waals surface area contributed by atoms with E-state index < -0.39 is 0 Å². The lowest BCUT2D eigenvalue weighted by Crippen LogP contribution is -2.31. The molecule has 0 aromatic heterocycles. The minimum Gasteiger partial charge on any atom is -0.395 e. The van der Waals surface area contributed by atoms with Crippen molar-refractivity contribution in [3.8, 4) is 0 Å². The highest BCUT2D eigenvalue weighted by Crippen LogP contribution is 1.91. The van der Waals surface area contributed by atoms with Crippen LogP contribution in [0.15, 0.2) is 0 Å². The predicted molar refractivity (Wildman–Crippen MR) is 56.5 cm³/mol. The molecular formula is C10H23NO3. The van der Waals surface area contributed by atoms with Crippen LogP contribution in [-0.4, -0.2) is 63.2 Å². The fraction of sp³-hybridized carbons (Fsp3) is 1.00. The molecule has 0 amide bonds. The minimum atomic E-state index is 0.220. The standard InChI is InChI=1S/C10H23NO3/c1-3-4-11(5-7-12)6-8-14-10-9-13-2/h12H,3-10H2,1-2H3. The van der Waals surface area contributed by atoms with E-state index >= 15 is 0 Å². The second-order valence-electron chi connectivity index (χ2n) is 3.17. The molecule has 0 saturated carbocycles. The SMILES string of the molecule is CCCN(CCO)CCOCCOC. The summed E-state index contributed by atoms with van der Waals surface area (Å²) in [6, 6.07) is 0. The molecular weight excluding hydrogens is 182 g/mol. The molecule has 0 bridgehead atoms. The van der Waals surface area contributed by atoms with Gasteiger partial charge in [0.2, 0.25) is 0 Å². The van der Waals surface area contributed by atoms with Crippen LogP contribution in [0, 0.1) is 0 Å². The zero-order valence-electron chi connectivity index (χ0n) is 9.37. The Hall–Kier alpha value is -0.160. The van der Waals surface area contributed by atoms with Crippen LogP contribution < -0.4 is 0 Å². The number of aliphatic hydroxyl groups excluding tert-OH is 1. The summed E-state index contributed by atoms with van der Waals surface area (Å²) in [4.78, 5) is 2.20. The lowest BCUT2D eigenvalue weighted by Gasteiger charge is -2.20. The smallest absolute Gasteiger partial charge is 0.0700 e. The fourth-order valence-corrected chi connectivity index (χ4v) is 1.23. The first-order valence-corrected chi connectivity index (χ1v) is 5.25. The van der Waals surface area contributed by atoms with Crippen LogP contribution in [0.3, 0.4) is 0 Å². The highest BCUT2D eigenvalue weighted by atomic mass is 16.5. The molecule has 0 aliphatic rings. The van der Waals surface area contributed by atoms with Crippen LogP contribution >= 0.6 is 0 Å². The number of methoxy groups -OCH3 is 1. The molecule has 0 radical (unpaired) electrons. The molecule has 0 aromatic carbocycles. The van der Waals surface area contributed by atoms with Crippen molar-refractivity contribution in [1.82, 2.24) is 4.90 Å². The van der Waals surface area contributed by atoms with Crippen molar-refractivity contribution >= 4 is 0 Å². The van der Waals surface area contributed by atoms with E-state index in [9.17, 15) is 0 Å². The monoisotopic (exact) mass is 205 g/mol. The van der Waals surface area contributed by atoms with Gasteiger partial charge in [-0.25, -0.2) is 0 Å². The first-order chi connectivity index (χ1) is 6.85. The van der Waals surface area contributed by atoms with E-state index in [1.165, 1.54) is 0 Å². The number of rotatable bonds is 10. The van der Waals surface area contributed by atoms with Gasteiger partial charge in [-0.3, -0.25) is 4.90 Å². The highest BCUT2D eigenvalue weighted by Gasteiger charge is 2.01. The Labute approximate surface area is 86.8 Å². The van der Waals surface area contributed by atoms with Gasteiger partial charge in [0.15, 0.2) is 0 Å². The van der Waals surface area contributed by atoms with Crippen molar-refractivity contribution in [3.63, 3.8) is 0 Å². The minimum absolute atomic E-state index is 0.220. The Kier molecular flexibility index (Phi) is 10.8. The number of ether oxygens (including phenoxy) is 2. The number of nitrogens with zero attached hydrogens (tertiary/aromatic N) is 1. The lowest BCUT2D eigenvalue weighted by atomic mass is 10.4. The van der Waals surface area contributed by atoms with E-state index in [2.05, 4.69) is 11.8 Å². The summed E-state index contributed by atoms with van der Waals surface area (Å²) in [5.74, 6) is 0. The average Bonchev–Trinajstić information content (AvgIpc) is 2.18. The summed E-state index contributed by atoms with van der Waals surface area (Å²) in [5.41, 5.74) is 0. The van der Waals surface area contributed by atoms with Gasteiger partial charge in [0, 0.05) is 20.2 Å². The normalized spacial score (nSPS) is 11.1. The summed E-state index contributed by atoms with van der Waals surface area (Å²) >= 11 is 0. The van der Waals surface area contributed by atoms with Gasteiger partial charge < -0.3 is 14.6 Å². The summed E-state index contributed by atoms with van der Waals surface area (Å²) in [5, 5.41) is 8.80. The van der Waals surface area contributed by atoms with E-state index in [0.29, 0.717) is 19.8 Å². The van der Waals surface area contributed by atoms with E-state index in [-0.39, 0.29) is 6.61 Å². The third-order valence-corrected chi connectivity index (χ3v) is 1.94. The molecule has 86 valence electrons. The summed E-state index contributed by atoms with van der Waals surface area (Å²) in [6.45, 7) is 7.01.